The number of aliphatic hydroxyl groups is 1. The summed E-state index contributed by atoms with van der Waals surface area (Å²) in [5.74, 6) is -1.94. The number of ether oxygens (including phenoxy) is 2. The Morgan fingerprint density at radius 2 is 1.72 bits per heavy atom. The monoisotopic (exact) mass is 414 g/mol. The Bertz CT molecular complexity index is 570. The Balaban J connectivity index is 3.22. The van der Waals surface area contributed by atoms with Crippen molar-refractivity contribution in [3.8, 4) is 0 Å². The third-order valence-corrected chi connectivity index (χ3v) is 5.41. The second-order valence-corrected chi connectivity index (χ2v) is 8.72. The van der Waals surface area contributed by atoms with Crippen LogP contribution in [0.3, 0.4) is 0 Å². The molecule has 1 aliphatic rings. The number of carbonyl (C=O) groups is 3. The van der Waals surface area contributed by atoms with Crippen LogP contribution < -0.4 is 10.6 Å². The number of alkyl carbamates (subject to hydrolysis) is 1. The minimum Gasteiger partial charge on any atom is -0.466 e. The van der Waals surface area contributed by atoms with Gasteiger partial charge in [0, 0.05) is 24.9 Å². The van der Waals surface area contributed by atoms with Gasteiger partial charge in [0.2, 0.25) is 5.91 Å². The van der Waals surface area contributed by atoms with Gasteiger partial charge in [-0.05, 0) is 40.0 Å². The fourth-order valence-corrected chi connectivity index (χ4v) is 4.20. The van der Waals surface area contributed by atoms with Crippen LogP contribution in [-0.4, -0.2) is 53.5 Å². The summed E-state index contributed by atoms with van der Waals surface area (Å²) < 4.78 is 10.5. The molecule has 0 bridgehead atoms. The van der Waals surface area contributed by atoms with E-state index in [0.717, 1.165) is 12.8 Å². The largest absolute Gasteiger partial charge is 0.466 e. The summed E-state index contributed by atoms with van der Waals surface area (Å²) in [5.41, 5.74) is -0.677. The number of aliphatic hydroxyl groups excluding tert-OH is 1. The Labute approximate surface area is 174 Å². The number of amides is 2. The lowest BCUT2D eigenvalue weighted by molar-refractivity contribution is -0.151. The topological polar surface area (TPSA) is 114 Å². The van der Waals surface area contributed by atoms with Crippen molar-refractivity contribution in [2.45, 2.75) is 91.5 Å². The van der Waals surface area contributed by atoms with Gasteiger partial charge in [-0.1, -0.05) is 26.7 Å². The van der Waals surface area contributed by atoms with Gasteiger partial charge in [0.1, 0.15) is 5.60 Å². The van der Waals surface area contributed by atoms with Crippen molar-refractivity contribution in [1.29, 1.82) is 0 Å². The number of hydrogen-bond acceptors (Lipinski definition) is 6. The van der Waals surface area contributed by atoms with Crippen LogP contribution in [0.25, 0.3) is 0 Å². The molecule has 3 N–H and O–H groups in total. The second-order valence-electron chi connectivity index (χ2n) is 8.72. The van der Waals surface area contributed by atoms with Gasteiger partial charge in [-0.2, -0.15) is 0 Å². The third kappa shape index (κ3) is 7.17. The highest BCUT2D eigenvalue weighted by atomic mass is 16.6. The average molecular weight is 415 g/mol. The molecule has 29 heavy (non-hydrogen) atoms. The molecule has 0 aromatic rings. The molecular formula is C21H38N2O6. The van der Waals surface area contributed by atoms with Crippen molar-refractivity contribution < 1.29 is 29.0 Å². The van der Waals surface area contributed by atoms with Crippen LogP contribution >= 0.6 is 0 Å². The molecule has 168 valence electrons. The Kier molecular flexibility index (Phi) is 9.39. The van der Waals surface area contributed by atoms with Gasteiger partial charge in [0.15, 0.2) is 0 Å². The number of nitrogens with one attached hydrogen (secondary N) is 2. The smallest absolute Gasteiger partial charge is 0.407 e. The maximum Gasteiger partial charge on any atom is 0.407 e. The maximum atomic E-state index is 12.4. The minimum absolute atomic E-state index is 0.0856. The summed E-state index contributed by atoms with van der Waals surface area (Å²) in [7, 11) is 0. The zero-order valence-electron chi connectivity index (χ0n) is 18.8. The number of hydrogen-bond donors (Lipinski definition) is 3. The first kappa shape index (κ1) is 25.2. The van der Waals surface area contributed by atoms with E-state index in [1.54, 1.807) is 27.7 Å². The van der Waals surface area contributed by atoms with Gasteiger partial charge in [0.05, 0.1) is 18.6 Å². The van der Waals surface area contributed by atoms with Gasteiger partial charge in [-0.15, -0.1) is 0 Å². The van der Waals surface area contributed by atoms with Crippen LogP contribution in [0.5, 0.6) is 0 Å². The molecule has 0 radical (unpaired) electrons. The quantitative estimate of drug-likeness (QED) is 0.526. The van der Waals surface area contributed by atoms with Gasteiger partial charge < -0.3 is 25.2 Å². The van der Waals surface area contributed by atoms with Crippen molar-refractivity contribution in [2.24, 2.45) is 17.8 Å². The van der Waals surface area contributed by atoms with E-state index in [1.807, 2.05) is 13.8 Å². The lowest BCUT2D eigenvalue weighted by Crippen LogP contribution is -2.54. The van der Waals surface area contributed by atoms with E-state index in [4.69, 9.17) is 9.47 Å². The summed E-state index contributed by atoms with van der Waals surface area (Å²) in [6, 6.07) is -0.927. The fraction of sp³-hybridized carbons (Fsp3) is 0.857. The van der Waals surface area contributed by atoms with Crippen molar-refractivity contribution in [3.05, 3.63) is 0 Å². The number of rotatable bonds is 8. The molecule has 0 aromatic carbocycles. The van der Waals surface area contributed by atoms with Gasteiger partial charge in [-0.3, -0.25) is 9.59 Å². The van der Waals surface area contributed by atoms with E-state index in [-0.39, 0.29) is 24.9 Å². The molecule has 0 aliphatic heterocycles. The Hall–Kier alpha value is -1.83. The first-order valence-corrected chi connectivity index (χ1v) is 10.6. The summed E-state index contributed by atoms with van der Waals surface area (Å²) in [6.45, 7) is 12.7. The molecule has 0 aromatic heterocycles. The highest BCUT2D eigenvalue weighted by Crippen LogP contribution is 2.38. The molecular weight excluding hydrogens is 376 g/mol. The molecule has 5 atom stereocenters. The first-order valence-electron chi connectivity index (χ1n) is 10.6. The SMILES string of the molecule is CCOC(=O)[C@H]1C[C@@H](NC(=O)OC(C)(C)C)[C@H](C(NC(C)=O)C(CC)CC)[C@@H]1O. The highest BCUT2D eigenvalue weighted by Gasteiger charge is 2.51. The molecule has 0 spiro atoms. The molecule has 8 nitrogen and oxygen atoms in total. The van der Waals surface area contributed by atoms with Crippen LogP contribution in [-0.2, 0) is 19.1 Å². The standard InChI is InChI=1S/C21H38N2O6/c1-8-13(9-2)17(22-12(4)24)16-15(23-20(27)29-21(5,6)7)11-14(18(16)25)19(26)28-10-3/h13-18,25H,8-11H2,1-7H3,(H,22,24)(H,23,27)/t14-,15+,16+,17?,18+/m0/s1. The molecule has 8 heteroatoms. The number of carbonyl (C=O) groups excluding carboxylic acids is 3. The molecule has 0 heterocycles. The Morgan fingerprint density at radius 1 is 1.14 bits per heavy atom. The zero-order chi connectivity index (χ0) is 22.4. The normalized spacial score (nSPS) is 25.4. The molecule has 1 rings (SSSR count). The van der Waals surface area contributed by atoms with Crippen LogP contribution in [0.2, 0.25) is 0 Å². The summed E-state index contributed by atoms with van der Waals surface area (Å²) in [6.07, 6.45) is 0.129. The molecule has 1 fully saturated rings. The average Bonchev–Trinajstić information content (AvgIpc) is 2.89. The predicted octanol–water partition coefficient (Wildman–Crippen LogP) is 2.38. The lowest BCUT2D eigenvalue weighted by atomic mass is 9.80. The van der Waals surface area contributed by atoms with Crippen LogP contribution in [0.4, 0.5) is 4.79 Å². The molecule has 0 saturated heterocycles. The molecule has 1 unspecified atom stereocenters. The second kappa shape index (κ2) is 10.8. The number of esters is 1. The van der Waals surface area contributed by atoms with Crippen molar-refractivity contribution in [3.63, 3.8) is 0 Å². The predicted molar refractivity (Wildman–Crippen MR) is 109 cm³/mol. The van der Waals surface area contributed by atoms with E-state index in [9.17, 15) is 19.5 Å². The van der Waals surface area contributed by atoms with E-state index >= 15 is 0 Å². The van der Waals surface area contributed by atoms with E-state index < -0.39 is 47.7 Å². The van der Waals surface area contributed by atoms with Crippen LogP contribution in [0.1, 0.15) is 67.7 Å². The molecule has 2 amide bonds. The van der Waals surface area contributed by atoms with Gasteiger partial charge >= 0.3 is 12.1 Å². The van der Waals surface area contributed by atoms with Crippen LogP contribution in [0.15, 0.2) is 0 Å². The Morgan fingerprint density at radius 3 is 2.17 bits per heavy atom. The highest BCUT2D eigenvalue weighted by molar-refractivity contribution is 5.75. The van der Waals surface area contributed by atoms with Crippen molar-refractivity contribution in [2.75, 3.05) is 6.61 Å². The van der Waals surface area contributed by atoms with E-state index in [0.29, 0.717) is 0 Å². The van der Waals surface area contributed by atoms with Gasteiger partial charge in [-0.25, -0.2) is 4.79 Å². The van der Waals surface area contributed by atoms with Crippen molar-refractivity contribution >= 4 is 18.0 Å². The van der Waals surface area contributed by atoms with E-state index in [1.165, 1.54) is 6.92 Å². The maximum absolute atomic E-state index is 12.4. The summed E-state index contributed by atoms with van der Waals surface area (Å²) in [4.78, 5) is 36.7. The minimum atomic E-state index is -1.05. The van der Waals surface area contributed by atoms with E-state index in [2.05, 4.69) is 10.6 Å². The van der Waals surface area contributed by atoms with Crippen molar-refractivity contribution in [1.82, 2.24) is 10.6 Å². The lowest BCUT2D eigenvalue weighted by Gasteiger charge is -2.36. The van der Waals surface area contributed by atoms with Gasteiger partial charge in [0.25, 0.3) is 0 Å². The fourth-order valence-electron chi connectivity index (χ4n) is 4.20. The first-order chi connectivity index (χ1) is 13.4. The summed E-state index contributed by atoms with van der Waals surface area (Å²) in [5, 5.41) is 16.8. The molecule has 1 saturated carbocycles. The zero-order valence-corrected chi connectivity index (χ0v) is 18.8. The molecule has 1 aliphatic carbocycles. The summed E-state index contributed by atoms with van der Waals surface area (Å²) >= 11 is 0. The van der Waals surface area contributed by atoms with Crippen LogP contribution in [0, 0.1) is 17.8 Å². The third-order valence-electron chi connectivity index (χ3n) is 5.41.